The molecule has 8 heteroatoms. The lowest BCUT2D eigenvalue weighted by Crippen LogP contribution is -2.35. The van der Waals surface area contributed by atoms with Crippen LogP contribution in [0, 0.1) is 0 Å². The normalized spacial score (nSPS) is 16.6. The van der Waals surface area contributed by atoms with Gasteiger partial charge in [0.25, 0.3) is 0 Å². The van der Waals surface area contributed by atoms with E-state index >= 15 is 0 Å². The Labute approximate surface area is 207 Å². The average molecular weight is 552 g/mol. The van der Waals surface area contributed by atoms with Gasteiger partial charge in [-0.25, -0.2) is 4.99 Å². The van der Waals surface area contributed by atoms with Crippen LogP contribution in [0.4, 0.5) is 5.69 Å². The van der Waals surface area contributed by atoms with Gasteiger partial charge in [-0.15, -0.1) is 24.0 Å². The standard InChI is InChI=1S/C24H32N4O3.HI/c1-2-25-24(27-21-7-8-22-23(16-21)31-12-4-11-30-22)26-17-19-5-3-6-20(15-19)18-28-9-13-29-14-10-28;/h3,5-8,15-16H,2,4,9-14,17-18H2,1H3,(H2,25,26,27);1H. The summed E-state index contributed by atoms with van der Waals surface area (Å²) in [6.07, 6.45) is 0.895. The van der Waals surface area contributed by atoms with Gasteiger partial charge in [0.1, 0.15) is 0 Å². The van der Waals surface area contributed by atoms with Crippen molar-refractivity contribution in [2.45, 2.75) is 26.4 Å². The molecular weight excluding hydrogens is 519 g/mol. The van der Waals surface area contributed by atoms with Crippen molar-refractivity contribution >= 4 is 35.6 Å². The Morgan fingerprint density at radius 2 is 1.75 bits per heavy atom. The largest absolute Gasteiger partial charge is 0.490 e. The molecule has 0 spiro atoms. The fourth-order valence-electron chi connectivity index (χ4n) is 3.70. The number of halogens is 1. The van der Waals surface area contributed by atoms with Gasteiger partial charge in [0.2, 0.25) is 0 Å². The van der Waals surface area contributed by atoms with Crippen LogP contribution >= 0.6 is 24.0 Å². The second-order valence-electron chi connectivity index (χ2n) is 7.74. The molecule has 0 bridgehead atoms. The Kier molecular flexibility index (Phi) is 9.89. The Bertz CT molecular complexity index is 887. The van der Waals surface area contributed by atoms with E-state index in [1.807, 2.05) is 18.2 Å². The Hall–Kier alpha value is -2.04. The highest BCUT2D eigenvalue weighted by molar-refractivity contribution is 14.0. The van der Waals surface area contributed by atoms with Crippen molar-refractivity contribution in [1.82, 2.24) is 10.2 Å². The molecule has 2 aliphatic rings. The van der Waals surface area contributed by atoms with Gasteiger partial charge in [-0.3, -0.25) is 4.90 Å². The van der Waals surface area contributed by atoms with Crippen LogP contribution in [-0.4, -0.2) is 56.9 Å². The summed E-state index contributed by atoms with van der Waals surface area (Å²) in [7, 11) is 0. The molecule has 174 valence electrons. The molecule has 1 fully saturated rings. The first kappa shape index (κ1) is 24.6. The summed E-state index contributed by atoms with van der Waals surface area (Å²) in [6.45, 7) is 9.40. The molecule has 1 saturated heterocycles. The summed E-state index contributed by atoms with van der Waals surface area (Å²) in [5.74, 6) is 2.31. The Balaban J connectivity index is 0.00000289. The number of hydrogen-bond acceptors (Lipinski definition) is 5. The van der Waals surface area contributed by atoms with Crippen LogP contribution in [0.1, 0.15) is 24.5 Å². The lowest BCUT2D eigenvalue weighted by Gasteiger charge is -2.26. The molecule has 2 aromatic carbocycles. The molecule has 0 aliphatic carbocycles. The number of aliphatic imine (C=N–C) groups is 1. The van der Waals surface area contributed by atoms with Crippen molar-refractivity contribution in [1.29, 1.82) is 0 Å². The second kappa shape index (κ2) is 12.9. The van der Waals surface area contributed by atoms with Gasteiger partial charge in [0.05, 0.1) is 33.0 Å². The fourth-order valence-corrected chi connectivity index (χ4v) is 3.70. The third kappa shape index (κ3) is 7.25. The number of anilines is 1. The molecule has 2 aliphatic heterocycles. The molecule has 0 saturated carbocycles. The minimum absolute atomic E-state index is 0. The van der Waals surface area contributed by atoms with E-state index in [4.69, 9.17) is 19.2 Å². The number of hydrogen-bond donors (Lipinski definition) is 2. The van der Waals surface area contributed by atoms with Crippen LogP contribution in [-0.2, 0) is 17.8 Å². The van der Waals surface area contributed by atoms with Crippen LogP contribution in [0.2, 0.25) is 0 Å². The first-order valence-electron chi connectivity index (χ1n) is 11.1. The molecule has 0 amide bonds. The summed E-state index contributed by atoms with van der Waals surface area (Å²) in [5, 5.41) is 6.70. The molecular formula is C24H33IN4O3. The van der Waals surface area contributed by atoms with E-state index in [9.17, 15) is 0 Å². The summed E-state index contributed by atoms with van der Waals surface area (Å²) in [4.78, 5) is 7.22. The highest BCUT2D eigenvalue weighted by Gasteiger charge is 2.12. The van der Waals surface area contributed by atoms with Gasteiger partial charge in [0, 0.05) is 44.4 Å². The van der Waals surface area contributed by atoms with Crippen molar-refractivity contribution in [3.05, 3.63) is 53.6 Å². The predicted molar refractivity (Wildman–Crippen MR) is 138 cm³/mol. The third-order valence-corrected chi connectivity index (χ3v) is 5.28. The van der Waals surface area contributed by atoms with Gasteiger partial charge in [-0.05, 0) is 30.2 Å². The molecule has 0 radical (unpaired) electrons. The van der Waals surface area contributed by atoms with Crippen molar-refractivity contribution in [2.24, 2.45) is 4.99 Å². The number of nitrogens with one attached hydrogen (secondary N) is 2. The molecule has 4 rings (SSSR count). The van der Waals surface area contributed by atoms with Crippen LogP contribution in [0.15, 0.2) is 47.5 Å². The maximum Gasteiger partial charge on any atom is 0.196 e. The van der Waals surface area contributed by atoms with E-state index in [2.05, 4.69) is 46.7 Å². The Morgan fingerprint density at radius 1 is 0.969 bits per heavy atom. The van der Waals surface area contributed by atoms with E-state index in [0.29, 0.717) is 19.8 Å². The minimum Gasteiger partial charge on any atom is -0.490 e. The summed E-state index contributed by atoms with van der Waals surface area (Å²) in [6, 6.07) is 14.6. The van der Waals surface area contributed by atoms with Gasteiger partial charge in [-0.2, -0.15) is 0 Å². The predicted octanol–water partition coefficient (Wildman–Crippen LogP) is 3.88. The number of benzene rings is 2. The number of morpholine rings is 1. The van der Waals surface area contributed by atoms with Gasteiger partial charge in [-0.1, -0.05) is 24.3 Å². The monoisotopic (exact) mass is 552 g/mol. The number of nitrogens with zero attached hydrogens (tertiary/aromatic N) is 2. The van der Waals surface area contributed by atoms with E-state index in [0.717, 1.165) is 69.0 Å². The molecule has 7 nitrogen and oxygen atoms in total. The fraction of sp³-hybridized carbons (Fsp3) is 0.458. The Morgan fingerprint density at radius 3 is 2.56 bits per heavy atom. The van der Waals surface area contributed by atoms with Gasteiger partial charge >= 0.3 is 0 Å². The number of rotatable bonds is 6. The van der Waals surface area contributed by atoms with Crippen LogP contribution in [0.3, 0.4) is 0 Å². The van der Waals surface area contributed by atoms with Crippen LogP contribution < -0.4 is 20.1 Å². The SMILES string of the molecule is CCNC(=NCc1cccc(CN2CCOCC2)c1)Nc1ccc2c(c1)OCCCO2.I. The van der Waals surface area contributed by atoms with E-state index in [1.54, 1.807) is 0 Å². The van der Waals surface area contributed by atoms with Crippen LogP contribution in [0.5, 0.6) is 11.5 Å². The zero-order chi connectivity index (χ0) is 21.3. The second-order valence-corrected chi connectivity index (χ2v) is 7.74. The quantitative estimate of drug-likeness (QED) is 0.322. The molecule has 2 heterocycles. The van der Waals surface area contributed by atoms with E-state index in [-0.39, 0.29) is 24.0 Å². The summed E-state index contributed by atoms with van der Waals surface area (Å²) < 4.78 is 17.0. The smallest absolute Gasteiger partial charge is 0.196 e. The van der Waals surface area contributed by atoms with Crippen molar-refractivity contribution in [3.8, 4) is 11.5 Å². The zero-order valence-electron chi connectivity index (χ0n) is 18.6. The third-order valence-electron chi connectivity index (χ3n) is 5.28. The molecule has 32 heavy (non-hydrogen) atoms. The van der Waals surface area contributed by atoms with Crippen molar-refractivity contribution in [2.75, 3.05) is 51.4 Å². The van der Waals surface area contributed by atoms with Crippen molar-refractivity contribution in [3.63, 3.8) is 0 Å². The number of guanidine groups is 1. The van der Waals surface area contributed by atoms with Crippen molar-refractivity contribution < 1.29 is 14.2 Å². The lowest BCUT2D eigenvalue weighted by atomic mass is 10.1. The van der Waals surface area contributed by atoms with E-state index < -0.39 is 0 Å². The van der Waals surface area contributed by atoms with E-state index in [1.165, 1.54) is 11.1 Å². The zero-order valence-corrected chi connectivity index (χ0v) is 21.0. The molecule has 2 aromatic rings. The van der Waals surface area contributed by atoms with Crippen LogP contribution in [0.25, 0.3) is 0 Å². The molecule has 0 aromatic heterocycles. The first-order valence-corrected chi connectivity index (χ1v) is 11.1. The lowest BCUT2D eigenvalue weighted by molar-refractivity contribution is 0.0342. The number of ether oxygens (including phenoxy) is 3. The summed E-state index contributed by atoms with van der Waals surface area (Å²) in [5.41, 5.74) is 3.43. The van der Waals surface area contributed by atoms with Gasteiger partial charge < -0.3 is 24.8 Å². The molecule has 0 atom stereocenters. The first-order chi connectivity index (χ1) is 15.3. The average Bonchev–Trinajstić information content (AvgIpc) is 3.04. The summed E-state index contributed by atoms with van der Waals surface area (Å²) >= 11 is 0. The number of fused-ring (bicyclic) bond motifs is 1. The minimum atomic E-state index is 0. The maximum atomic E-state index is 5.80. The van der Waals surface area contributed by atoms with Gasteiger partial charge in [0.15, 0.2) is 17.5 Å². The topological polar surface area (TPSA) is 67.4 Å². The molecule has 2 N–H and O–H groups in total. The highest BCUT2D eigenvalue weighted by atomic mass is 127. The highest BCUT2D eigenvalue weighted by Crippen LogP contribution is 2.32. The molecule has 0 unspecified atom stereocenters. The maximum absolute atomic E-state index is 5.80.